The molecule has 0 amide bonds. The fourth-order valence-corrected chi connectivity index (χ4v) is 1.84. The van der Waals surface area contributed by atoms with Crippen LogP contribution >= 0.6 is 0 Å². The number of hydrogen-bond donors (Lipinski definition) is 1. The Morgan fingerprint density at radius 2 is 2.05 bits per heavy atom. The summed E-state index contributed by atoms with van der Waals surface area (Å²) in [4.78, 5) is 8.29. The van der Waals surface area contributed by atoms with Gasteiger partial charge in [0.15, 0.2) is 0 Å². The van der Waals surface area contributed by atoms with E-state index in [0.29, 0.717) is 18.1 Å². The summed E-state index contributed by atoms with van der Waals surface area (Å²) in [6.45, 7) is 2.32. The molecule has 108 valence electrons. The first kappa shape index (κ1) is 14.4. The van der Waals surface area contributed by atoms with Crippen LogP contribution in [0, 0.1) is 0 Å². The number of anilines is 1. The first-order valence-electron chi connectivity index (χ1n) is 6.18. The number of pyridine rings is 1. The predicted molar refractivity (Wildman–Crippen MR) is 69.4 cm³/mol. The molecule has 2 rings (SSSR count). The number of aryl methyl sites for hydroxylation is 1. The highest BCUT2D eigenvalue weighted by Gasteiger charge is 2.31. The van der Waals surface area contributed by atoms with E-state index in [4.69, 9.17) is 0 Å². The topological polar surface area (TPSA) is 42.7 Å². The summed E-state index contributed by atoms with van der Waals surface area (Å²) in [7, 11) is 1.79. The molecule has 0 spiro atoms. The Morgan fingerprint density at radius 1 is 1.30 bits per heavy atom. The molecule has 20 heavy (non-hydrogen) atoms. The van der Waals surface area contributed by atoms with E-state index < -0.39 is 11.7 Å². The molecule has 0 unspecified atom stereocenters. The van der Waals surface area contributed by atoms with Crippen LogP contribution in [0.25, 0.3) is 0 Å². The molecule has 0 aliphatic rings. The van der Waals surface area contributed by atoms with Crippen molar-refractivity contribution in [2.45, 2.75) is 19.5 Å². The Hall–Kier alpha value is -2.05. The molecule has 7 heteroatoms. The van der Waals surface area contributed by atoms with Crippen molar-refractivity contribution in [1.29, 1.82) is 0 Å². The molecule has 2 aromatic heterocycles. The van der Waals surface area contributed by atoms with Crippen LogP contribution in [-0.2, 0) is 19.6 Å². The third-order valence-corrected chi connectivity index (χ3v) is 2.82. The zero-order valence-corrected chi connectivity index (χ0v) is 11.2. The van der Waals surface area contributed by atoms with Gasteiger partial charge in [-0.05, 0) is 19.1 Å². The summed E-state index contributed by atoms with van der Waals surface area (Å²) in [6, 6.07) is 2.08. The van der Waals surface area contributed by atoms with Crippen LogP contribution in [0.15, 0.2) is 24.5 Å². The van der Waals surface area contributed by atoms with Gasteiger partial charge in [-0.2, -0.15) is 13.2 Å². The lowest BCUT2D eigenvalue weighted by Crippen LogP contribution is -2.11. The van der Waals surface area contributed by atoms with Gasteiger partial charge in [0.1, 0.15) is 11.6 Å². The maximum atomic E-state index is 12.9. The highest BCUT2D eigenvalue weighted by atomic mass is 19.4. The average molecular weight is 284 g/mol. The zero-order valence-electron chi connectivity index (χ0n) is 11.2. The Kier molecular flexibility index (Phi) is 3.96. The molecule has 0 saturated carbocycles. The van der Waals surface area contributed by atoms with Gasteiger partial charge in [-0.25, -0.2) is 9.97 Å². The smallest absolute Gasteiger partial charge is 0.370 e. The van der Waals surface area contributed by atoms with Crippen LogP contribution in [0.1, 0.15) is 24.0 Å². The maximum absolute atomic E-state index is 12.9. The Labute approximate surface area is 114 Å². The standard InChI is InChI=1S/C13H15F3N4/c1-3-17-11-7-9(13(14,15)16)6-10(19-11)8-12-18-4-5-20(12)2/h4-7H,3,8H2,1-2H3,(H,17,19). The van der Waals surface area contributed by atoms with Gasteiger partial charge in [-0.15, -0.1) is 0 Å². The first-order chi connectivity index (χ1) is 9.40. The summed E-state index contributed by atoms with van der Waals surface area (Å²) >= 11 is 0. The molecule has 0 radical (unpaired) electrons. The Balaban J connectivity index is 2.36. The molecular formula is C13H15F3N4. The van der Waals surface area contributed by atoms with Crippen LogP contribution in [0.3, 0.4) is 0 Å². The van der Waals surface area contributed by atoms with Gasteiger partial charge in [0.25, 0.3) is 0 Å². The minimum Gasteiger partial charge on any atom is -0.370 e. The maximum Gasteiger partial charge on any atom is 0.416 e. The molecule has 2 aromatic rings. The minimum absolute atomic E-state index is 0.228. The van der Waals surface area contributed by atoms with Crippen LogP contribution in [0.2, 0.25) is 0 Å². The molecule has 0 aliphatic heterocycles. The highest BCUT2D eigenvalue weighted by molar-refractivity contribution is 5.41. The lowest BCUT2D eigenvalue weighted by atomic mass is 10.1. The molecule has 0 atom stereocenters. The lowest BCUT2D eigenvalue weighted by Gasteiger charge is -2.12. The van der Waals surface area contributed by atoms with Crippen molar-refractivity contribution in [2.24, 2.45) is 7.05 Å². The number of imidazole rings is 1. The summed E-state index contributed by atoms with van der Waals surface area (Å²) in [5, 5.41) is 2.82. The van der Waals surface area contributed by atoms with Crippen LogP contribution in [0.5, 0.6) is 0 Å². The van der Waals surface area contributed by atoms with E-state index in [2.05, 4.69) is 15.3 Å². The summed E-state index contributed by atoms with van der Waals surface area (Å²) < 4.78 is 40.4. The molecule has 0 fully saturated rings. The van der Waals surface area contributed by atoms with Gasteiger partial charge in [0.2, 0.25) is 0 Å². The van der Waals surface area contributed by atoms with Crippen molar-refractivity contribution in [3.05, 3.63) is 41.6 Å². The van der Waals surface area contributed by atoms with Crippen LogP contribution in [0.4, 0.5) is 19.0 Å². The second-order valence-corrected chi connectivity index (χ2v) is 4.39. The number of halogens is 3. The van der Waals surface area contributed by atoms with E-state index in [-0.39, 0.29) is 12.2 Å². The van der Waals surface area contributed by atoms with Gasteiger partial charge in [-0.1, -0.05) is 0 Å². The van der Waals surface area contributed by atoms with Gasteiger partial charge < -0.3 is 9.88 Å². The van der Waals surface area contributed by atoms with Crippen molar-refractivity contribution in [3.63, 3.8) is 0 Å². The van der Waals surface area contributed by atoms with Gasteiger partial charge in [0, 0.05) is 32.4 Å². The summed E-state index contributed by atoms with van der Waals surface area (Å²) in [6.07, 6.45) is -0.780. The van der Waals surface area contributed by atoms with Crippen molar-refractivity contribution in [1.82, 2.24) is 14.5 Å². The molecular weight excluding hydrogens is 269 g/mol. The van der Waals surface area contributed by atoms with E-state index in [1.54, 1.807) is 30.9 Å². The number of nitrogens with zero attached hydrogens (tertiary/aromatic N) is 3. The van der Waals surface area contributed by atoms with Gasteiger partial charge >= 0.3 is 6.18 Å². The molecule has 2 heterocycles. The predicted octanol–water partition coefficient (Wildman–Crippen LogP) is 2.86. The van der Waals surface area contributed by atoms with Gasteiger partial charge in [0.05, 0.1) is 11.3 Å². The molecule has 0 aromatic carbocycles. The molecule has 1 N–H and O–H groups in total. The quantitative estimate of drug-likeness (QED) is 0.938. The average Bonchev–Trinajstić information content (AvgIpc) is 2.74. The van der Waals surface area contributed by atoms with Crippen molar-refractivity contribution in [3.8, 4) is 0 Å². The molecule has 0 aliphatic carbocycles. The number of hydrogen-bond acceptors (Lipinski definition) is 3. The van der Waals surface area contributed by atoms with Gasteiger partial charge in [-0.3, -0.25) is 0 Å². The Morgan fingerprint density at radius 3 is 2.60 bits per heavy atom. The largest absolute Gasteiger partial charge is 0.416 e. The van der Waals surface area contributed by atoms with E-state index in [1.165, 1.54) is 0 Å². The van der Waals surface area contributed by atoms with E-state index in [1.807, 2.05) is 0 Å². The normalized spacial score (nSPS) is 11.7. The van der Waals surface area contributed by atoms with E-state index in [0.717, 1.165) is 12.1 Å². The molecule has 0 bridgehead atoms. The second kappa shape index (κ2) is 5.52. The fraction of sp³-hybridized carbons (Fsp3) is 0.385. The third kappa shape index (κ3) is 3.28. The Bertz CT molecular complexity index is 590. The molecule has 4 nitrogen and oxygen atoms in total. The van der Waals surface area contributed by atoms with Crippen molar-refractivity contribution < 1.29 is 13.2 Å². The number of rotatable bonds is 4. The lowest BCUT2D eigenvalue weighted by molar-refractivity contribution is -0.137. The highest BCUT2D eigenvalue weighted by Crippen LogP contribution is 2.31. The van der Waals surface area contributed by atoms with E-state index >= 15 is 0 Å². The number of alkyl halides is 3. The molecule has 0 saturated heterocycles. The monoisotopic (exact) mass is 284 g/mol. The zero-order chi connectivity index (χ0) is 14.8. The van der Waals surface area contributed by atoms with Crippen LogP contribution in [-0.4, -0.2) is 21.1 Å². The number of aromatic nitrogens is 3. The fourth-order valence-electron chi connectivity index (χ4n) is 1.84. The van der Waals surface area contributed by atoms with Crippen molar-refractivity contribution in [2.75, 3.05) is 11.9 Å². The first-order valence-corrected chi connectivity index (χ1v) is 6.18. The van der Waals surface area contributed by atoms with E-state index in [9.17, 15) is 13.2 Å². The summed E-state index contributed by atoms with van der Waals surface area (Å²) in [5.74, 6) is 0.894. The minimum atomic E-state index is -4.39. The third-order valence-electron chi connectivity index (χ3n) is 2.82. The van der Waals surface area contributed by atoms with Crippen LogP contribution < -0.4 is 5.32 Å². The second-order valence-electron chi connectivity index (χ2n) is 4.39. The summed E-state index contributed by atoms with van der Waals surface area (Å²) in [5.41, 5.74) is -0.363. The SMILES string of the molecule is CCNc1cc(C(F)(F)F)cc(Cc2nccn2C)n1. The van der Waals surface area contributed by atoms with Crippen molar-refractivity contribution >= 4 is 5.82 Å². The number of nitrogens with one attached hydrogen (secondary N) is 1.